The lowest BCUT2D eigenvalue weighted by molar-refractivity contribution is 0.101. The summed E-state index contributed by atoms with van der Waals surface area (Å²) in [5, 5.41) is 2.98. The Morgan fingerprint density at radius 1 is 0.933 bits per heavy atom. The third-order valence-corrected chi connectivity index (χ3v) is 3.10. The molecule has 0 aliphatic heterocycles. The molecule has 0 radical (unpaired) electrons. The molecule has 0 aromatic heterocycles. The van der Waals surface area contributed by atoms with Gasteiger partial charge in [0.2, 0.25) is 0 Å². The molecule has 0 fully saturated rings. The molecule has 0 N–H and O–H groups in total. The van der Waals surface area contributed by atoms with E-state index in [0.717, 1.165) is 22.3 Å². The lowest BCUT2D eigenvalue weighted by Crippen LogP contribution is -2.03. The number of rotatable bonds is 2. The van der Waals surface area contributed by atoms with Crippen LogP contribution in [0.15, 0.2) is 5.18 Å². The molecule has 80 valence electrons. The molecule has 3 heteroatoms. The molecular formula is C12H15NO2. The fraction of sp³-hybridized carbons (Fsp3) is 0.417. The van der Waals surface area contributed by atoms with Gasteiger partial charge in [-0.25, -0.2) is 0 Å². The van der Waals surface area contributed by atoms with Gasteiger partial charge in [0.25, 0.3) is 0 Å². The van der Waals surface area contributed by atoms with Gasteiger partial charge in [0, 0.05) is 5.56 Å². The number of carbonyl (C=O) groups is 1. The molecule has 0 heterocycles. The highest BCUT2D eigenvalue weighted by Crippen LogP contribution is 2.32. The number of nitrogens with zero attached hydrogens (tertiary/aromatic N) is 1. The lowest BCUT2D eigenvalue weighted by Gasteiger charge is -2.14. The maximum atomic E-state index is 11.5. The minimum atomic E-state index is -0.103. The number of carbonyl (C=O) groups excluding carboxylic acids is 1. The Hall–Kier alpha value is -1.51. The largest absolute Gasteiger partial charge is 0.294 e. The smallest absolute Gasteiger partial charge is 0.162 e. The molecule has 0 aliphatic rings. The fourth-order valence-electron chi connectivity index (χ4n) is 1.84. The molecule has 0 saturated carbocycles. The van der Waals surface area contributed by atoms with E-state index >= 15 is 0 Å². The summed E-state index contributed by atoms with van der Waals surface area (Å²) >= 11 is 0. The van der Waals surface area contributed by atoms with Gasteiger partial charge in [-0.1, -0.05) is 0 Å². The van der Waals surface area contributed by atoms with Crippen LogP contribution in [0.1, 0.15) is 39.5 Å². The van der Waals surface area contributed by atoms with Gasteiger partial charge in [-0.2, -0.15) is 0 Å². The van der Waals surface area contributed by atoms with Crippen LogP contribution in [0.4, 0.5) is 5.69 Å². The van der Waals surface area contributed by atoms with E-state index in [1.807, 2.05) is 27.7 Å². The van der Waals surface area contributed by atoms with E-state index in [2.05, 4.69) is 5.18 Å². The van der Waals surface area contributed by atoms with Crippen LogP contribution in [-0.4, -0.2) is 5.78 Å². The van der Waals surface area contributed by atoms with Crippen molar-refractivity contribution in [3.63, 3.8) is 0 Å². The second-order valence-electron chi connectivity index (χ2n) is 3.87. The van der Waals surface area contributed by atoms with Gasteiger partial charge in [-0.3, -0.25) is 4.79 Å². The van der Waals surface area contributed by atoms with Crippen LogP contribution >= 0.6 is 0 Å². The Morgan fingerprint density at radius 2 is 1.40 bits per heavy atom. The molecule has 0 unspecified atom stereocenters. The highest BCUT2D eigenvalue weighted by molar-refractivity contribution is 6.01. The third kappa shape index (κ3) is 1.69. The Labute approximate surface area is 89.5 Å². The van der Waals surface area contributed by atoms with Crippen LogP contribution in [0.5, 0.6) is 0 Å². The Kier molecular flexibility index (Phi) is 3.03. The van der Waals surface area contributed by atoms with Crippen LogP contribution in [0.2, 0.25) is 0 Å². The molecule has 0 bridgehead atoms. The van der Waals surface area contributed by atoms with Crippen LogP contribution < -0.4 is 0 Å². The number of nitroso groups, excluding NO2 is 1. The number of hydrogen-bond acceptors (Lipinski definition) is 3. The summed E-state index contributed by atoms with van der Waals surface area (Å²) in [6.07, 6.45) is 0. The molecule has 1 aromatic carbocycles. The third-order valence-electron chi connectivity index (χ3n) is 3.10. The zero-order valence-corrected chi connectivity index (χ0v) is 9.76. The molecule has 0 amide bonds. The summed E-state index contributed by atoms with van der Waals surface area (Å²) in [7, 11) is 0. The summed E-state index contributed by atoms with van der Waals surface area (Å²) < 4.78 is 0. The molecule has 3 nitrogen and oxygen atoms in total. The van der Waals surface area contributed by atoms with Crippen molar-refractivity contribution in [2.75, 3.05) is 0 Å². The van der Waals surface area contributed by atoms with Gasteiger partial charge in [0.05, 0.1) is 0 Å². The lowest BCUT2D eigenvalue weighted by atomic mass is 9.91. The van der Waals surface area contributed by atoms with Gasteiger partial charge in [-0.15, -0.1) is 4.91 Å². The zero-order chi connectivity index (χ0) is 11.7. The summed E-state index contributed by atoms with van der Waals surface area (Å²) in [6, 6.07) is 0. The monoisotopic (exact) mass is 205 g/mol. The second kappa shape index (κ2) is 3.93. The van der Waals surface area contributed by atoms with Crippen molar-refractivity contribution in [3.05, 3.63) is 32.7 Å². The molecule has 1 rings (SSSR count). The molecule has 0 saturated heterocycles. The van der Waals surface area contributed by atoms with Crippen LogP contribution in [-0.2, 0) is 0 Å². The molecule has 0 atom stereocenters. The predicted octanol–water partition coefficient (Wildman–Crippen LogP) is 3.52. The Bertz CT molecular complexity index is 448. The van der Waals surface area contributed by atoms with Gasteiger partial charge in [-0.05, 0) is 62.0 Å². The maximum absolute atomic E-state index is 11.5. The van der Waals surface area contributed by atoms with Crippen molar-refractivity contribution in [1.82, 2.24) is 0 Å². The minimum Gasteiger partial charge on any atom is -0.294 e. The van der Waals surface area contributed by atoms with Gasteiger partial charge >= 0.3 is 0 Å². The molecule has 1 aromatic rings. The van der Waals surface area contributed by atoms with Crippen molar-refractivity contribution < 1.29 is 4.79 Å². The summed E-state index contributed by atoms with van der Waals surface area (Å²) in [5.41, 5.74) is 4.52. The normalized spacial score (nSPS) is 10.2. The van der Waals surface area contributed by atoms with Gasteiger partial charge in [0.15, 0.2) is 5.78 Å². The second-order valence-corrected chi connectivity index (χ2v) is 3.87. The number of benzene rings is 1. The summed E-state index contributed by atoms with van der Waals surface area (Å²) in [6.45, 7) is 9.04. The van der Waals surface area contributed by atoms with E-state index < -0.39 is 0 Å². The van der Waals surface area contributed by atoms with E-state index in [1.165, 1.54) is 6.92 Å². The van der Waals surface area contributed by atoms with E-state index in [1.54, 1.807) is 0 Å². The molecule has 15 heavy (non-hydrogen) atoms. The highest BCUT2D eigenvalue weighted by atomic mass is 16.3. The average Bonchev–Trinajstić information content (AvgIpc) is 2.19. The fourth-order valence-corrected chi connectivity index (χ4v) is 1.84. The molecule has 0 spiro atoms. The van der Waals surface area contributed by atoms with Gasteiger partial charge < -0.3 is 0 Å². The first kappa shape index (κ1) is 11.6. The minimum absolute atomic E-state index is 0.103. The Balaban J connectivity index is 3.78. The highest BCUT2D eigenvalue weighted by Gasteiger charge is 2.18. The Morgan fingerprint density at radius 3 is 1.80 bits per heavy atom. The number of ketones is 1. The van der Waals surface area contributed by atoms with Crippen molar-refractivity contribution in [2.45, 2.75) is 34.6 Å². The topological polar surface area (TPSA) is 46.5 Å². The van der Waals surface area contributed by atoms with Crippen LogP contribution in [0, 0.1) is 32.6 Å². The van der Waals surface area contributed by atoms with Crippen molar-refractivity contribution in [1.29, 1.82) is 0 Å². The number of hydrogen-bond donors (Lipinski definition) is 0. The van der Waals surface area contributed by atoms with E-state index in [-0.39, 0.29) is 5.78 Å². The number of Topliss-reactive ketones (excluding diaryl/α,β-unsaturated/α-hetero) is 1. The predicted molar refractivity (Wildman–Crippen MR) is 60.8 cm³/mol. The van der Waals surface area contributed by atoms with Crippen molar-refractivity contribution >= 4 is 11.5 Å². The molecular weight excluding hydrogens is 190 g/mol. The van der Waals surface area contributed by atoms with Crippen molar-refractivity contribution in [2.24, 2.45) is 5.18 Å². The van der Waals surface area contributed by atoms with Crippen molar-refractivity contribution in [3.8, 4) is 0 Å². The quantitative estimate of drug-likeness (QED) is 0.547. The summed E-state index contributed by atoms with van der Waals surface area (Å²) in [5.74, 6) is -0.103. The van der Waals surface area contributed by atoms with Gasteiger partial charge in [0.1, 0.15) is 5.69 Å². The van der Waals surface area contributed by atoms with Crippen LogP contribution in [0.3, 0.4) is 0 Å². The van der Waals surface area contributed by atoms with E-state index in [0.29, 0.717) is 11.3 Å². The standard InChI is InChI=1S/C12H15NO2/c1-6-7(2)9(4)12(13-15)11(8(6)3)10(5)14/h1-5H3. The van der Waals surface area contributed by atoms with Crippen LogP contribution in [0.25, 0.3) is 0 Å². The summed E-state index contributed by atoms with van der Waals surface area (Å²) in [4.78, 5) is 22.2. The first-order valence-electron chi connectivity index (χ1n) is 4.86. The van der Waals surface area contributed by atoms with E-state index in [4.69, 9.17) is 0 Å². The first-order valence-corrected chi connectivity index (χ1v) is 4.86. The average molecular weight is 205 g/mol. The van der Waals surface area contributed by atoms with E-state index in [9.17, 15) is 9.70 Å². The zero-order valence-electron chi connectivity index (χ0n) is 9.76. The maximum Gasteiger partial charge on any atom is 0.162 e. The first-order chi connectivity index (χ1) is 6.91. The molecule has 0 aliphatic carbocycles. The SMILES string of the molecule is CC(=O)c1c(C)c(C)c(C)c(C)c1N=O.